The first-order valence-electron chi connectivity index (χ1n) is 7.44. The third-order valence-electron chi connectivity index (χ3n) is 3.69. The molecule has 3 rings (SSSR count). The van der Waals surface area contributed by atoms with E-state index in [1.165, 1.54) is 10.4 Å². The van der Waals surface area contributed by atoms with Gasteiger partial charge < -0.3 is 9.47 Å². The van der Waals surface area contributed by atoms with Crippen molar-refractivity contribution in [3.63, 3.8) is 0 Å². The smallest absolute Gasteiger partial charge is 0.185 e. The van der Waals surface area contributed by atoms with Crippen LogP contribution < -0.4 is 4.90 Å². The molecule has 4 nitrogen and oxygen atoms in total. The molecule has 0 aliphatic rings. The van der Waals surface area contributed by atoms with Gasteiger partial charge in [-0.1, -0.05) is 41.7 Å². The third-order valence-corrected chi connectivity index (χ3v) is 4.86. The van der Waals surface area contributed by atoms with Gasteiger partial charge in [-0.2, -0.15) is 0 Å². The highest BCUT2D eigenvalue weighted by Gasteiger charge is 2.08. The number of anilines is 1. The van der Waals surface area contributed by atoms with Gasteiger partial charge in [-0.25, -0.2) is 9.97 Å². The van der Waals surface area contributed by atoms with E-state index >= 15 is 0 Å². The Morgan fingerprint density at radius 1 is 1.18 bits per heavy atom. The van der Waals surface area contributed by atoms with Crippen LogP contribution in [0.1, 0.15) is 12.2 Å². The minimum absolute atomic E-state index is 0.985. The number of aromatic nitrogens is 3. The monoisotopic (exact) mass is 312 g/mol. The van der Waals surface area contributed by atoms with E-state index in [0.29, 0.717) is 0 Å². The second kappa shape index (κ2) is 6.75. The van der Waals surface area contributed by atoms with Crippen molar-refractivity contribution in [1.82, 2.24) is 14.5 Å². The number of aryl methyl sites for hydroxylation is 2. The molecule has 0 atom stereocenters. The molecule has 1 aromatic carbocycles. The van der Waals surface area contributed by atoms with E-state index in [1.807, 2.05) is 31.6 Å². The van der Waals surface area contributed by atoms with Crippen LogP contribution in [0.4, 0.5) is 5.13 Å². The molecule has 3 aromatic rings. The molecule has 22 heavy (non-hydrogen) atoms. The molecule has 0 aliphatic carbocycles. The first-order chi connectivity index (χ1) is 10.7. The zero-order valence-corrected chi connectivity index (χ0v) is 13.8. The Morgan fingerprint density at radius 3 is 2.73 bits per heavy atom. The van der Waals surface area contributed by atoms with Crippen LogP contribution >= 0.6 is 11.3 Å². The van der Waals surface area contributed by atoms with Crippen molar-refractivity contribution < 1.29 is 0 Å². The molecule has 0 amide bonds. The van der Waals surface area contributed by atoms with Gasteiger partial charge in [-0.15, -0.1) is 0 Å². The molecule has 0 radical (unpaired) electrons. The van der Waals surface area contributed by atoms with Crippen molar-refractivity contribution in [2.75, 3.05) is 18.5 Å². The van der Waals surface area contributed by atoms with Crippen molar-refractivity contribution in [1.29, 1.82) is 0 Å². The zero-order chi connectivity index (χ0) is 15.4. The third kappa shape index (κ3) is 3.36. The van der Waals surface area contributed by atoms with Crippen molar-refractivity contribution in [2.45, 2.75) is 19.9 Å². The first-order valence-corrected chi connectivity index (χ1v) is 8.26. The van der Waals surface area contributed by atoms with Crippen LogP contribution in [0.5, 0.6) is 0 Å². The summed E-state index contributed by atoms with van der Waals surface area (Å²) in [5.41, 5.74) is 1.23. The molecule has 0 fully saturated rings. The molecule has 0 spiro atoms. The lowest BCUT2D eigenvalue weighted by Gasteiger charge is -2.15. The van der Waals surface area contributed by atoms with Crippen LogP contribution in [0.3, 0.4) is 0 Å². The highest BCUT2D eigenvalue weighted by Crippen LogP contribution is 2.30. The Hall–Kier alpha value is -2.14. The number of rotatable bonds is 6. The van der Waals surface area contributed by atoms with Crippen LogP contribution in [-0.2, 0) is 6.54 Å². The average molecular weight is 312 g/mol. The van der Waals surface area contributed by atoms with Crippen LogP contribution in [-0.4, -0.2) is 28.1 Å². The number of nitrogens with zero attached hydrogens (tertiary/aromatic N) is 4. The van der Waals surface area contributed by atoms with E-state index in [4.69, 9.17) is 0 Å². The average Bonchev–Trinajstić information content (AvgIpc) is 3.18. The Bertz CT molecular complexity index is 717. The second-order valence-corrected chi connectivity index (χ2v) is 6.33. The minimum atomic E-state index is 0.985. The largest absolute Gasteiger partial charge is 0.351 e. The van der Waals surface area contributed by atoms with E-state index < -0.39 is 0 Å². The van der Waals surface area contributed by atoms with Crippen LogP contribution in [0, 0.1) is 6.92 Å². The molecule has 0 N–H and O–H groups in total. The van der Waals surface area contributed by atoms with E-state index in [-0.39, 0.29) is 0 Å². The van der Waals surface area contributed by atoms with Crippen molar-refractivity contribution in [2.24, 2.45) is 0 Å². The molecule has 5 heteroatoms. The van der Waals surface area contributed by atoms with E-state index in [2.05, 4.69) is 50.7 Å². The van der Waals surface area contributed by atoms with Crippen LogP contribution in [0.2, 0.25) is 0 Å². The van der Waals surface area contributed by atoms with E-state index in [9.17, 15) is 0 Å². The van der Waals surface area contributed by atoms with Gasteiger partial charge in [-0.05, 0) is 18.9 Å². The molecule has 0 bridgehead atoms. The Kier molecular flexibility index (Phi) is 4.53. The zero-order valence-electron chi connectivity index (χ0n) is 12.9. The number of benzene rings is 1. The maximum Gasteiger partial charge on any atom is 0.185 e. The normalized spacial score (nSPS) is 10.8. The van der Waals surface area contributed by atoms with Gasteiger partial charge in [0.2, 0.25) is 0 Å². The lowest BCUT2D eigenvalue weighted by Crippen LogP contribution is -2.19. The maximum absolute atomic E-state index is 4.55. The summed E-state index contributed by atoms with van der Waals surface area (Å²) < 4.78 is 2.19. The van der Waals surface area contributed by atoms with Gasteiger partial charge in [0.15, 0.2) is 5.13 Å². The van der Waals surface area contributed by atoms with Gasteiger partial charge in [0.1, 0.15) is 5.82 Å². The summed E-state index contributed by atoms with van der Waals surface area (Å²) in [6, 6.07) is 10.4. The molecule has 2 aromatic heterocycles. The summed E-state index contributed by atoms with van der Waals surface area (Å²) in [6.07, 6.45) is 6.93. The Morgan fingerprint density at radius 2 is 2.00 bits per heavy atom. The lowest BCUT2D eigenvalue weighted by molar-refractivity contribution is 0.622. The fraction of sp³-hybridized carbons (Fsp3) is 0.294. The summed E-state index contributed by atoms with van der Waals surface area (Å²) >= 11 is 1.74. The van der Waals surface area contributed by atoms with Crippen LogP contribution in [0.15, 0.2) is 48.9 Å². The lowest BCUT2D eigenvalue weighted by atomic mass is 10.2. The van der Waals surface area contributed by atoms with Crippen molar-refractivity contribution in [3.05, 3.63) is 54.7 Å². The fourth-order valence-electron chi connectivity index (χ4n) is 2.39. The van der Waals surface area contributed by atoms with Crippen LogP contribution in [0.25, 0.3) is 10.4 Å². The van der Waals surface area contributed by atoms with Gasteiger partial charge in [-0.3, -0.25) is 0 Å². The standard InChI is InChI=1S/C17H20N4S/c1-14-18-9-12-21(14)11-6-10-20(2)17-19-13-16(22-17)15-7-4-3-5-8-15/h3-5,7-9,12-13H,6,10-11H2,1-2H3. The van der Waals surface area contributed by atoms with E-state index in [0.717, 1.165) is 30.5 Å². The van der Waals surface area contributed by atoms with Gasteiger partial charge >= 0.3 is 0 Å². The molecular formula is C17H20N4S. The molecule has 0 unspecified atom stereocenters. The predicted octanol–water partition coefficient (Wildman–Crippen LogP) is 3.84. The van der Waals surface area contributed by atoms with Gasteiger partial charge in [0.25, 0.3) is 0 Å². The highest BCUT2D eigenvalue weighted by molar-refractivity contribution is 7.18. The minimum Gasteiger partial charge on any atom is -0.351 e. The molecule has 2 heterocycles. The number of hydrogen-bond donors (Lipinski definition) is 0. The summed E-state index contributed by atoms with van der Waals surface area (Å²) in [5.74, 6) is 1.07. The number of imidazole rings is 1. The topological polar surface area (TPSA) is 34.0 Å². The molecule has 114 valence electrons. The quantitative estimate of drug-likeness (QED) is 0.693. The highest BCUT2D eigenvalue weighted by atomic mass is 32.1. The predicted molar refractivity (Wildman–Crippen MR) is 92.4 cm³/mol. The van der Waals surface area contributed by atoms with Gasteiger partial charge in [0, 0.05) is 38.7 Å². The Balaban J connectivity index is 1.58. The molecule has 0 aliphatic heterocycles. The van der Waals surface area contributed by atoms with Crippen molar-refractivity contribution in [3.8, 4) is 10.4 Å². The fourth-order valence-corrected chi connectivity index (χ4v) is 3.30. The van der Waals surface area contributed by atoms with Crippen molar-refractivity contribution >= 4 is 16.5 Å². The maximum atomic E-state index is 4.55. The molecule has 0 saturated heterocycles. The van der Waals surface area contributed by atoms with Gasteiger partial charge in [0.05, 0.1) is 4.88 Å². The summed E-state index contributed by atoms with van der Waals surface area (Å²) in [4.78, 5) is 12.2. The summed E-state index contributed by atoms with van der Waals surface area (Å²) in [7, 11) is 2.11. The number of hydrogen-bond acceptors (Lipinski definition) is 4. The summed E-state index contributed by atoms with van der Waals surface area (Å²) in [5, 5.41) is 1.07. The summed E-state index contributed by atoms with van der Waals surface area (Å²) in [6.45, 7) is 4.02. The molecule has 0 saturated carbocycles. The van der Waals surface area contributed by atoms with E-state index in [1.54, 1.807) is 11.3 Å². The SMILES string of the molecule is Cc1nccn1CCCN(C)c1ncc(-c2ccccc2)s1. The number of thiazole rings is 1. The second-order valence-electron chi connectivity index (χ2n) is 5.32. The molecular weight excluding hydrogens is 292 g/mol. The Labute approximate surface area is 135 Å². The first kappa shape index (κ1) is 14.8.